The van der Waals surface area contributed by atoms with Crippen molar-refractivity contribution in [2.45, 2.75) is 12.8 Å². The zero-order chi connectivity index (χ0) is 11.9. The third-order valence-corrected chi connectivity index (χ3v) is 2.73. The maximum absolute atomic E-state index is 5.70. The Morgan fingerprint density at radius 3 is 2.82 bits per heavy atom. The van der Waals surface area contributed by atoms with Gasteiger partial charge in [-0.3, -0.25) is 0 Å². The molecule has 88 valence electrons. The largest absolute Gasteiger partial charge is 0.340 e. The molecule has 0 amide bonds. The molecule has 3 heteroatoms. The van der Waals surface area contributed by atoms with Crippen LogP contribution in [0.15, 0.2) is 48.7 Å². The van der Waals surface area contributed by atoms with Crippen molar-refractivity contribution in [3.8, 4) is 0 Å². The van der Waals surface area contributed by atoms with Crippen LogP contribution in [0, 0.1) is 0 Å². The highest BCUT2D eigenvalue weighted by atomic mass is 35.5. The van der Waals surface area contributed by atoms with E-state index in [1.54, 1.807) is 6.20 Å². The molecule has 1 aromatic heterocycles. The summed E-state index contributed by atoms with van der Waals surface area (Å²) < 4.78 is 0. The van der Waals surface area contributed by atoms with Crippen LogP contribution in [0.4, 0.5) is 11.5 Å². The van der Waals surface area contributed by atoms with Crippen LogP contribution in [0.25, 0.3) is 0 Å². The molecule has 2 nitrogen and oxygen atoms in total. The Labute approximate surface area is 107 Å². The molecular formula is C14H15ClN2. The minimum atomic E-state index is 0.706. The Kier molecular flexibility index (Phi) is 4.39. The minimum Gasteiger partial charge on any atom is -0.340 e. The Bertz CT molecular complexity index is 457. The van der Waals surface area contributed by atoms with E-state index in [-0.39, 0.29) is 0 Å². The molecule has 2 aromatic rings. The molecule has 0 aliphatic rings. The van der Waals surface area contributed by atoms with Gasteiger partial charge in [0.2, 0.25) is 0 Å². The lowest BCUT2D eigenvalue weighted by molar-refractivity contribution is 0.929. The van der Waals surface area contributed by atoms with E-state index < -0.39 is 0 Å². The number of halogens is 1. The monoisotopic (exact) mass is 246 g/mol. The van der Waals surface area contributed by atoms with Crippen LogP contribution in [0.3, 0.4) is 0 Å². The van der Waals surface area contributed by atoms with Crippen LogP contribution in [0.5, 0.6) is 0 Å². The van der Waals surface area contributed by atoms with Crippen LogP contribution >= 0.6 is 11.6 Å². The van der Waals surface area contributed by atoms with Crippen molar-refractivity contribution < 1.29 is 0 Å². The van der Waals surface area contributed by atoms with Crippen molar-refractivity contribution in [2.24, 2.45) is 0 Å². The summed E-state index contributed by atoms with van der Waals surface area (Å²) >= 11 is 5.70. The van der Waals surface area contributed by atoms with Gasteiger partial charge >= 0.3 is 0 Å². The Morgan fingerprint density at radius 1 is 1.12 bits per heavy atom. The van der Waals surface area contributed by atoms with Gasteiger partial charge in [0.1, 0.15) is 5.82 Å². The first-order valence-electron chi connectivity index (χ1n) is 5.71. The number of nitrogens with one attached hydrogen (secondary N) is 1. The van der Waals surface area contributed by atoms with Gasteiger partial charge in [-0.25, -0.2) is 4.98 Å². The van der Waals surface area contributed by atoms with Gasteiger partial charge in [0.25, 0.3) is 0 Å². The maximum atomic E-state index is 5.70. The van der Waals surface area contributed by atoms with Gasteiger partial charge in [-0.1, -0.05) is 18.2 Å². The lowest BCUT2D eigenvalue weighted by Crippen LogP contribution is -1.94. The van der Waals surface area contributed by atoms with Gasteiger partial charge in [-0.05, 0) is 42.7 Å². The summed E-state index contributed by atoms with van der Waals surface area (Å²) in [5.74, 6) is 1.57. The van der Waals surface area contributed by atoms with Crippen molar-refractivity contribution in [1.82, 2.24) is 4.98 Å². The predicted octanol–water partition coefficient (Wildman–Crippen LogP) is 4.00. The fourth-order valence-corrected chi connectivity index (χ4v) is 1.79. The molecule has 0 bridgehead atoms. The number of aryl methyl sites for hydroxylation is 1. The number of hydrogen-bond acceptors (Lipinski definition) is 2. The Hall–Kier alpha value is -1.54. The molecule has 0 fully saturated rings. The van der Waals surface area contributed by atoms with E-state index in [4.69, 9.17) is 11.6 Å². The smallest absolute Gasteiger partial charge is 0.130 e. The molecule has 17 heavy (non-hydrogen) atoms. The second kappa shape index (κ2) is 6.26. The summed E-state index contributed by atoms with van der Waals surface area (Å²) in [4.78, 5) is 4.23. The van der Waals surface area contributed by atoms with E-state index in [0.717, 1.165) is 24.3 Å². The van der Waals surface area contributed by atoms with Crippen LogP contribution in [-0.4, -0.2) is 10.9 Å². The van der Waals surface area contributed by atoms with Crippen LogP contribution in [0.2, 0.25) is 0 Å². The van der Waals surface area contributed by atoms with Gasteiger partial charge in [0, 0.05) is 17.8 Å². The highest BCUT2D eigenvalue weighted by Gasteiger charge is 1.97. The fraction of sp³-hybridized carbons (Fsp3) is 0.214. The number of nitrogens with zero attached hydrogens (tertiary/aromatic N) is 1. The highest BCUT2D eigenvalue weighted by Crippen LogP contribution is 2.16. The fourth-order valence-electron chi connectivity index (χ4n) is 1.66. The Balaban J connectivity index is 2.06. The number of pyridine rings is 1. The second-order valence-corrected chi connectivity index (χ2v) is 4.21. The first-order chi connectivity index (χ1) is 8.38. The standard InChI is InChI=1S/C14H15ClN2/c15-9-4-6-12-5-3-7-13(11-12)17-14-8-1-2-10-16-14/h1-3,5,7-8,10-11H,4,6,9H2,(H,16,17). The third-order valence-electron chi connectivity index (χ3n) is 2.46. The van der Waals surface area contributed by atoms with Gasteiger partial charge < -0.3 is 5.32 Å². The molecule has 1 N–H and O–H groups in total. The lowest BCUT2D eigenvalue weighted by atomic mass is 10.1. The number of anilines is 2. The summed E-state index contributed by atoms with van der Waals surface area (Å²) in [6, 6.07) is 14.2. The van der Waals surface area contributed by atoms with Gasteiger partial charge in [0.15, 0.2) is 0 Å². The first kappa shape index (κ1) is 11.9. The number of benzene rings is 1. The number of aromatic nitrogens is 1. The zero-order valence-electron chi connectivity index (χ0n) is 9.57. The van der Waals surface area contributed by atoms with Crippen LogP contribution in [0.1, 0.15) is 12.0 Å². The molecule has 0 atom stereocenters. The van der Waals surface area contributed by atoms with Crippen molar-refractivity contribution >= 4 is 23.1 Å². The quantitative estimate of drug-likeness (QED) is 0.807. The van der Waals surface area contributed by atoms with Crippen molar-refractivity contribution in [3.05, 3.63) is 54.2 Å². The summed E-state index contributed by atoms with van der Waals surface area (Å²) in [6.07, 6.45) is 3.80. The van der Waals surface area contributed by atoms with E-state index >= 15 is 0 Å². The van der Waals surface area contributed by atoms with Crippen molar-refractivity contribution in [2.75, 3.05) is 11.2 Å². The number of hydrogen-bond donors (Lipinski definition) is 1. The van der Waals surface area contributed by atoms with Crippen LogP contribution in [-0.2, 0) is 6.42 Å². The minimum absolute atomic E-state index is 0.706. The van der Waals surface area contributed by atoms with E-state index in [2.05, 4.69) is 28.5 Å². The SMILES string of the molecule is ClCCCc1cccc(Nc2ccccn2)c1. The summed E-state index contributed by atoms with van der Waals surface area (Å²) in [7, 11) is 0. The molecule has 2 rings (SSSR count). The average molecular weight is 247 g/mol. The molecule has 1 aromatic carbocycles. The Morgan fingerprint density at radius 2 is 2.06 bits per heavy atom. The number of rotatable bonds is 5. The summed E-state index contributed by atoms with van der Waals surface area (Å²) in [5.41, 5.74) is 2.36. The molecule has 0 saturated carbocycles. The first-order valence-corrected chi connectivity index (χ1v) is 6.25. The van der Waals surface area contributed by atoms with Gasteiger partial charge in [0.05, 0.1) is 0 Å². The van der Waals surface area contributed by atoms with E-state index in [1.807, 2.05) is 24.3 Å². The molecule has 0 radical (unpaired) electrons. The highest BCUT2D eigenvalue weighted by molar-refractivity contribution is 6.17. The van der Waals surface area contributed by atoms with Crippen molar-refractivity contribution in [3.63, 3.8) is 0 Å². The summed E-state index contributed by atoms with van der Waals surface area (Å²) in [6.45, 7) is 0. The summed E-state index contributed by atoms with van der Waals surface area (Å²) in [5, 5.41) is 3.28. The maximum Gasteiger partial charge on any atom is 0.130 e. The van der Waals surface area contributed by atoms with Gasteiger partial charge in [-0.2, -0.15) is 0 Å². The average Bonchev–Trinajstić information content (AvgIpc) is 2.38. The van der Waals surface area contributed by atoms with Gasteiger partial charge in [-0.15, -0.1) is 11.6 Å². The van der Waals surface area contributed by atoms with E-state index in [1.165, 1.54) is 5.56 Å². The number of alkyl halides is 1. The molecule has 0 aliphatic carbocycles. The molecule has 0 spiro atoms. The van der Waals surface area contributed by atoms with E-state index in [0.29, 0.717) is 5.88 Å². The van der Waals surface area contributed by atoms with Crippen molar-refractivity contribution in [1.29, 1.82) is 0 Å². The molecule has 0 saturated heterocycles. The lowest BCUT2D eigenvalue weighted by Gasteiger charge is -2.07. The zero-order valence-corrected chi connectivity index (χ0v) is 10.3. The van der Waals surface area contributed by atoms with Crippen LogP contribution < -0.4 is 5.32 Å². The molecule has 0 aliphatic heterocycles. The van der Waals surface area contributed by atoms with E-state index in [9.17, 15) is 0 Å². The molecular weight excluding hydrogens is 232 g/mol. The predicted molar refractivity (Wildman–Crippen MR) is 73.0 cm³/mol. The molecule has 0 unspecified atom stereocenters. The normalized spacial score (nSPS) is 10.2. The third kappa shape index (κ3) is 3.75. The second-order valence-electron chi connectivity index (χ2n) is 3.83. The molecule has 1 heterocycles. The topological polar surface area (TPSA) is 24.9 Å².